The molecule has 0 saturated heterocycles. The van der Waals surface area contributed by atoms with E-state index in [0.29, 0.717) is 27.6 Å². The van der Waals surface area contributed by atoms with E-state index >= 15 is 0 Å². The van der Waals surface area contributed by atoms with Gasteiger partial charge in [-0.3, -0.25) is 9.59 Å². The molecule has 0 radical (unpaired) electrons. The first-order valence-corrected chi connectivity index (χ1v) is 7.62. The quantitative estimate of drug-likeness (QED) is 0.747. The van der Waals surface area contributed by atoms with Crippen LogP contribution in [0.15, 0.2) is 48.8 Å². The zero-order chi connectivity index (χ0) is 17.8. The van der Waals surface area contributed by atoms with Crippen molar-refractivity contribution in [2.24, 2.45) is 0 Å². The van der Waals surface area contributed by atoms with Gasteiger partial charge in [0.05, 0.1) is 11.3 Å². The molecule has 0 spiro atoms. The maximum absolute atomic E-state index is 12.7. The molecule has 8 nitrogen and oxygen atoms in total. The van der Waals surface area contributed by atoms with Crippen LogP contribution in [0.5, 0.6) is 0 Å². The predicted octanol–water partition coefficient (Wildman–Crippen LogP) is 2.53. The molecule has 0 aliphatic heterocycles. The third kappa shape index (κ3) is 3.99. The summed E-state index contributed by atoms with van der Waals surface area (Å²) in [5, 5.41) is 16.8. The number of aromatic nitrogens is 4. The lowest BCUT2D eigenvalue weighted by molar-refractivity contribution is -0.114. The molecule has 0 saturated carbocycles. The van der Waals surface area contributed by atoms with Gasteiger partial charge in [-0.05, 0) is 46.8 Å². The number of hydrogen-bond donors (Lipinski definition) is 2. The summed E-state index contributed by atoms with van der Waals surface area (Å²) in [5.74, 6) is -0.552. The van der Waals surface area contributed by atoms with Crippen molar-refractivity contribution in [3.05, 3.63) is 59.4 Å². The Morgan fingerprint density at radius 2 is 1.84 bits per heavy atom. The molecule has 0 aliphatic rings. The molecule has 25 heavy (non-hydrogen) atoms. The Morgan fingerprint density at radius 3 is 2.52 bits per heavy atom. The average molecular weight is 357 g/mol. The van der Waals surface area contributed by atoms with Gasteiger partial charge in [0, 0.05) is 23.3 Å². The predicted molar refractivity (Wildman–Crippen MR) is 92.9 cm³/mol. The van der Waals surface area contributed by atoms with E-state index in [1.807, 2.05) is 0 Å². The van der Waals surface area contributed by atoms with Crippen LogP contribution in [-0.2, 0) is 4.79 Å². The molecule has 0 fully saturated rings. The van der Waals surface area contributed by atoms with Crippen LogP contribution >= 0.6 is 11.6 Å². The summed E-state index contributed by atoms with van der Waals surface area (Å²) in [6.45, 7) is 1.41. The Labute approximate surface area is 147 Å². The minimum absolute atomic E-state index is 0.192. The lowest BCUT2D eigenvalue weighted by atomic mass is 10.1. The second-order valence-corrected chi connectivity index (χ2v) is 5.57. The van der Waals surface area contributed by atoms with Crippen molar-refractivity contribution in [2.75, 3.05) is 10.6 Å². The highest BCUT2D eigenvalue weighted by atomic mass is 35.5. The third-order valence-corrected chi connectivity index (χ3v) is 3.48. The number of nitrogens with zero attached hydrogens (tertiary/aromatic N) is 4. The number of amides is 2. The van der Waals surface area contributed by atoms with Crippen LogP contribution in [0.25, 0.3) is 5.69 Å². The highest BCUT2D eigenvalue weighted by Crippen LogP contribution is 2.21. The number of benzene rings is 2. The van der Waals surface area contributed by atoms with E-state index in [2.05, 4.69) is 26.2 Å². The van der Waals surface area contributed by atoms with Crippen LogP contribution in [-0.4, -0.2) is 32.0 Å². The fourth-order valence-electron chi connectivity index (χ4n) is 2.23. The zero-order valence-electron chi connectivity index (χ0n) is 13.1. The molecule has 1 aromatic heterocycles. The highest BCUT2D eigenvalue weighted by Gasteiger charge is 2.15. The van der Waals surface area contributed by atoms with Gasteiger partial charge in [-0.25, -0.2) is 0 Å². The maximum Gasteiger partial charge on any atom is 0.257 e. The third-order valence-electron chi connectivity index (χ3n) is 3.24. The van der Waals surface area contributed by atoms with Crippen LogP contribution in [0, 0.1) is 0 Å². The van der Waals surface area contributed by atoms with Crippen molar-refractivity contribution in [2.45, 2.75) is 6.92 Å². The van der Waals surface area contributed by atoms with E-state index in [1.165, 1.54) is 17.9 Å². The minimum atomic E-state index is -0.359. The molecule has 3 aromatic rings. The average Bonchev–Trinajstić information content (AvgIpc) is 3.08. The topological polar surface area (TPSA) is 102 Å². The smallest absolute Gasteiger partial charge is 0.257 e. The summed E-state index contributed by atoms with van der Waals surface area (Å²) in [7, 11) is 0. The normalized spacial score (nSPS) is 10.3. The Balaban J connectivity index is 1.88. The monoisotopic (exact) mass is 356 g/mol. The molecule has 126 valence electrons. The van der Waals surface area contributed by atoms with Gasteiger partial charge in [0.1, 0.15) is 6.33 Å². The van der Waals surface area contributed by atoms with E-state index in [-0.39, 0.29) is 11.8 Å². The van der Waals surface area contributed by atoms with Crippen molar-refractivity contribution in [3.8, 4) is 5.69 Å². The van der Waals surface area contributed by atoms with Gasteiger partial charge >= 0.3 is 0 Å². The van der Waals surface area contributed by atoms with Crippen LogP contribution in [0.2, 0.25) is 5.02 Å². The van der Waals surface area contributed by atoms with Gasteiger partial charge in [-0.2, -0.15) is 4.68 Å². The first-order valence-electron chi connectivity index (χ1n) is 7.25. The van der Waals surface area contributed by atoms with Gasteiger partial charge in [0.15, 0.2) is 0 Å². The summed E-state index contributed by atoms with van der Waals surface area (Å²) in [6, 6.07) is 11.6. The Kier molecular flexibility index (Phi) is 4.71. The number of tetrazole rings is 1. The Morgan fingerprint density at radius 1 is 1.08 bits per heavy atom. The van der Waals surface area contributed by atoms with Gasteiger partial charge in [-0.1, -0.05) is 17.7 Å². The van der Waals surface area contributed by atoms with Crippen molar-refractivity contribution >= 4 is 34.8 Å². The Bertz CT molecular complexity index is 926. The SMILES string of the molecule is CC(=O)Nc1cccc(NC(=O)c2ccc(Cl)cc2-n2cnnn2)c1. The second kappa shape index (κ2) is 7.10. The van der Waals surface area contributed by atoms with Crippen molar-refractivity contribution in [1.29, 1.82) is 0 Å². The number of nitrogens with one attached hydrogen (secondary N) is 2. The zero-order valence-corrected chi connectivity index (χ0v) is 13.9. The second-order valence-electron chi connectivity index (χ2n) is 5.13. The molecule has 0 bridgehead atoms. The molecule has 2 N–H and O–H groups in total. The summed E-state index contributed by atoms with van der Waals surface area (Å²) in [4.78, 5) is 23.8. The summed E-state index contributed by atoms with van der Waals surface area (Å²) in [5.41, 5.74) is 1.92. The van der Waals surface area contributed by atoms with Crippen LogP contribution in [0.4, 0.5) is 11.4 Å². The fraction of sp³-hybridized carbons (Fsp3) is 0.0625. The number of carbonyl (C=O) groups is 2. The van der Waals surface area contributed by atoms with Crippen molar-refractivity contribution < 1.29 is 9.59 Å². The number of carbonyl (C=O) groups excluding carboxylic acids is 2. The molecule has 0 unspecified atom stereocenters. The van der Waals surface area contributed by atoms with E-state index in [0.717, 1.165) is 0 Å². The number of hydrogen-bond acceptors (Lipinski definition) is 5. The molecule has 9 heteroatoms. The molecule has 1 heterocycles. The minimum Gasteiger partial charge on any atom is -0.326 e. The van der Waals surface area contributed by atoms with E-state index < -0.39 is 0 Å². The van der Waals surface area contributed by atoms with Gasteiger partial charge < -0.3 is 10.6 Å². The largest absolute Gasteiger partial charge is 0.326 e. The summed E-state index contributed by atoms with van der Waals surface area (Å²) in [6.07, 6.45) is 1.37. The lowest BCUT2D eigenvalue weighted by Gasteiger charge is -2.11. The Hall–Kier alpha value is -3.26. The van der Waals surface area contributed by atoms with Gasteiger partial charge in [0.25, 0.3) is 5.91 Å². The summed E-state index contributed by atoms with van der Waals surface area (Å²) < 4.78 is 1.36. The molecule has 2 amide bonds. The molecule has 3 rings (SSSR count). The van der Waals surface area contributed by atoms with Crippen LogP contribution in [0.3, 0.4) is 0 Å². The first kappa shape index (κ1) is 16.6. The maximum atomic E-state index is 12.7. The van der Waals surface area contributed by atoms with Gasteiger partial charge in [0.2, 0.25) is 5.91 Å². The van der Waals surface area contributed by atoms with Crippen LogP contribution in [0.1, 0.15) is 17.3 Å². The first-order chi connectivity index (χ1) is 12.0. The number of halogens is 1. The molecule has 0 aliphatic carbocycles. The molecule has 2 aromatic carbocycles. The van der Waals surface area contributed by atoms with Crippen molar-refractivity contribution in [3.63, 3.8) is 0 Å². The highest BCUT2D eigenvalue weighted by molar-refractivity contribution is 6.31. The lowest BCUT2D eigenvalue weighted by Crippen LogP contribution is -2.15. The molecular formula is C16H13ClN6O2. The summed E-state index contributed by atoms with van der Waals surface area (Å²) >= 11 is 6.01. The standard InChI is InChI=1S/C16H13ClN6O2/c1-10(24)19-12-3-2-4-13(8-12)20-16(25)14-6-5-11(17)7-15(14)23-9-18-21-22-23/h2-9H,1H3,(H,19,24)(H,20,25). The van der Waals surface area contributed by atoms with E-state index in [4.69, 9.17) is 11.6 Å². The van der Waals surface area contributed by atoms with E-state index in [9.17, 15) is 9.59 Å². The van der Waals surface area contributed by atoms with Gasteiger partial charge in [-0.15, -0.1) is 5.10 Å². The molecular weight excluding hydrogens is 344 g/mol. The van der Waals surface area contributed by atoms with E-state index in [1.54, 1.807) is 42.5 Å². The molecule has 0 atom stereocenters. The number of anilines is 2. The van der Waals surface area contributed by atoms with Crippen LogP contribution < -0.4 is 10.6 Å². The van der Waals surface area contributed by atoms with Crippen molar-refractivity contribution in [1.82, 2.24) is 20.2 Å². The fourth-order valence-corrected chi connectivity index (χ4v) is 2.40. The number of rotatable bonds is 4.